The van der Waals surface area contributed by atoms with Gasteiger partial charge in [0.25, 0.3) is 0 Å². The fraction of sp³-hybridized carbons (Fsp3) is 0.500. The van der Waals surface area contributed by atoms with Gasteiger partial charge >= 0.3 is 24.0 Å². The number of amides is 3. The zero-order valence-electron chi connectivity index (χ0n) is 17.0. The number of nitrogens with zero attached hydrogens (tertiary/aromatic N) is 4. The molecule has 2 unspecified atom stereocenters. The molecule has 2 fully saturated rings. The zero-order chi connectivity index (χ0) is 22.9. The maximum atomic E-state index is 13.1. The molecule has 2 aliphatic rings. The highest BCUT2D eigenvalue weighted by molar-refractivity contribution is 5.87. The summed E-state index contributed by atoms with van der Waals surface area (Å²) < 4.78 is 49.1. The van der Waals surface area contributed by atoms with Crippen molar-refractivity contribution in [2.75, 3.05) is 39.4 Å². The van der Waals surface area contributed by atoms with Gasteiger partial charge in [-0.3, -0.25) is 4.79 Å². The molecular formula is C20H22F3N5O4. The normalized spacial score (nSPS) is 22.1. The molecule has 3 heterocycles. The third-order valence-corrected chi connectivity index (χ3v) is 5.73. The first-order valence-corrected chi connectivity index (χ1v) is 10.1. The van der Waals surface area contributed by atoms with Crippen molar-refractivity contribution in [2.24, 2.45) is 5.73 Å². The predicted octanol–water partition coefficient (Wildman–Crippen LogP) is 2.21. The average molecular weight is 453 g/mol. The number of urea groups is 1. The summed E-state index contributed by atoms with van der Waals surface area (Å²) in [5.74, 6) is -1.59. The van der Waals surface area contributed by atoms with Gasteiger partial charge in [0.15, 0.2) is 5.82 Å². The number of rotatable bonds is 3. The second-order valence-corrected chi connectivity index (χ2v) is 7.86. The quantitative estimate of drug-likeness (QED) is 0.762. The molecule has 9 nitrogen and oxygen atoms in total. The van der Waals surface area contributed by atoms with Crippen LogP contribution in [0.2, 0.25) is 0 Å². The van der Waals surface area contributed by atoms with E-state index in [1.807, 2.05) is 0 Å². The second-order valence-electron chi connectivity index (χ2n) is 7.86. The van der Waals surface area contributed by atoms with Crippen LogP contribution in [0.5, 0.6) is 0 Å². The lowest BCUT2D eigenvalue weighted by atomic mass is 9.84. The number of halogens is 3. The van der Waals surface area contributed by atoms with E-state index in [1.54, 1.807) is 9.80 Å². The summed E-state index contributed by atoms with van der Waals surface area (Å²) in [7, 11) is 0. The Balaban J connectivity index is 1.60. The van der Waals surface area contributed by atoms with Crippen molar-refractivity contribution in [2.45, 2.75) is 24.4 Å². The van der Waals surface area contributed by atoms with Gasteiger partial charge < -0.3 is 24.8 Å². The fourth-order valence-electron chi connectivity index (χ4n) is 4.08. The third-order valence-electron chi connectivity index (χ3n) is 5.73. The topological polar surface area (TPSA) is 115 Å². The van der Waals surface area contributed by atoms with Crippen LogP contribution in [0.3, 0.4) is 0 Å². The largest absolute Gasteiger partial charge is 0.416 e. The van der Waals surface area contributed by atoms with E-state index in [4.69, 9.17) is 15.0 Å². The maximum Gasteiger partial charge on any atom is 0.416 e. The van der Waals surface area contributed by atoms with Gasteiger partial charge in [-0.2, -0.15) is 18.2 Å². The van der Waals surface area contributed by atoms with E-state index < -0.39 is 17.6 Å². The van der Waals surface area contributed by atoms with Crippen molar-refractivity contribution in [3.05, 3.63) is 47.1 Å². The van der Waals surface area contributed by atoms with E-state index in [-0.39, 0.29) is 36.1 Å². The number of alkyl halides is 3. The number of ether oxygens (including phenoxy) is 1. The lowest BCUT2D eigenvalue weighted by Gasteiger charge is -2.40. The Morgan fingerprint density at radius 2 is 1.69 bits per heavy atom. The summed E-state index contributed by atoms with van der Waals surface area (Å²) in [5, 5.41) is 3.83. The molecule has 2 N–H and O–H groups in total. The number of likely N-dealkylation sites (tertiary alicyclic amines) is 1. The first kappa shape index (κ1) is 22.1. The SMILES string of the molecule is NC(=O)c1nc(C2CC(c3ccc(C(F)(F)F)cc3)CN(C(=O)N3CCOCC3)C2)no1. The predicted molar refractivity (Wildman–Crippen MR) is 104 cm³/mol. The molecule has 0 radical (unpaired) electrons. The number of carbonyl (C=O) groups is 2. The molecule has 0 bridgehead atoms. The van der Waals surface area contributed by atoms with Gasteiger partial charge in [-0.15, -0.1) is 0 Å². The average Bonchev–Trinajstić information content (AvgIpc) is 3.29. The highest BCUT2D eigenvalue weighted by Crippen LogP contribution is 2.37. The Morgan fingerprint density at radius 1 is 1.03 bits per heavy atom. The number of benzene rings is 1. The Hall–Kier alpha value is -3.15. The molecule has 2 aromatic rings. The standard InChI is InChI=1S/C20H22F3N5O4/c21-20(22,23)15-3-1-12(2-4-15)13-9-14(17-25-18(16(24)29)32-26-17)11-28(10-13)19(30)27-5-7-31-8-6-27/h1-4,13-14H,5-11H2,(H2,24,29). The molecular weight excluding hydrogens is 431 g/mol. The number of hydrogen-bond acceptors (Lipinski definition) is 6. The molecule has 0 aliphatic carbocycles. The molecule has 2 atom stereocenters. The van der Waals surface area contributed by atoms with Crippen LogP contribution < -0.4 is 5.73 Å². The molecule has 3 amide bonds. The van der Waals surface area contributed by atoms with Gasteiger partial charge in [-0.1, -0.05) is 17.3 Å². The Morgan fingerprint density at radius 3 is 2.28 bits per heavy atom. The molecule has 172 valence electrons. The summed E-state index contributed by atoms with van der Waals surface area (Å²) in [6.45, 7) is 2.41. The first-order chi connectivity index (χ1) is 15.2. The zero-order valence-corrected chi connectivity index (χ0v) is 17.0. The number of primary amides is 1. The summed E-state index contributed by atoms with van der Waals surface area (Å²) in [4.78, 5) is 31.8. The van der Waals surface area contributed by atoms with Crippen LogP contribution in [-0.4, -0.2) is 71.3 Å². The highest BCUT2D eigenvalue weighted by atomic mass is 19.4. The minimum Gasteiger partial charge on any atom is -0.378 e. The number of carbonyl (C=O) groups excluding carboxylic acids is 2. The van der Waals surface area contributed by atoms with Gasteiger partial charge in [0.05, 0.1) is 18.8 Å². The van der Waals surface area contributed by atoms with Crippen molar-refractivity contribution < 1.29 is 32.0 Å². The van der Waals surface area contributed by atoms with Crippen LogP contribution in [0, 0.1) is 0 Å². The van der Waals surface area contributed by atoms with Crippen LogP contribution in [-0.2, 0) is 10.9 Å². The molecule has 2 aliphatic heterocycles. The number of morpholine rings is 1. The molecule has 0 spiro atoms. The molecule has 2 saturated heterocycles. The fourth-order valence-corrected chi connectivity index (χ4v) is 4.08. The van der Waals surface area contributed by atoms with Crippen molar-refractivity contribution in [1.82, 2.24) is 19.9 Å². The minimum atomic E-state index is -4.43. The summed E-state index contributed by atoms with van der Waals surface area (Å²) in [6, 6.07) is 4.74. The molecule has 12 heteroatoms. The van der Waals surface area contributed by atoms with Gasteiger partial charge in [0.2, 0.25) is 0 Å². The Labute approximate surface area is 181 Å². The van der Waals surface area contributed by atoms with Crippen LogP contribution in [0.25, 0.3) is 0 Å². The van der Waals surface area contributed by atoms with Gasteiger partial charge in [0.1, 0.15) is 0 Å². The molecule has 0 saturated carbocycles. The van der Waals surface area contributed by atoms with Crippen LogP contribution in [0.4, 0.5) is 18.0 Å². The van der Waals surface area contributed by atoms with Crippen molar-refractivity contribution >= 4 is 11.9 Å². The summed E-state index contributed by atoms with van der Waals surface area (Å²) >= 11 is 0. The van der Waals surface area contributed by atoms with Gasteiger partial charge in [-0.05, 0) is 24.1 Å². The number of hydrogen-bond donors (Lipinski definition) is 1. The van der Waals surface area contributed by atoms with E-state index in [0.717, 1.165) is 12.1 Å². The second kappa shape index (κ2) is 8.77. The monoisotopic (exact) mass is 453 g/mol. The first-order valence-electron chi connectivity index (χ1n) is 10.1. The van der Waals surface area contributed by atoms with Gasteiger partial charge in [0, 0.05) is 38.0 Å². The van der Waals surface area contributed by atoms with E-state index in [9.17, 15) is 22.8 Å². The number of nitrogens with two attached hydrogens (primary N) is 1. The molecule has 1 aromatic carbocycles. The number of piperidine rings is 1. The Kier molecular flexibility index (Phi) is 6.04. The summed E-state index contributed by atoms with van der Waals surface area (Å²) in [5.41, 5.74) is 5.12. The summed E-state index contributed by atoms with van der Waals surface area (Å²) in [6.07, 6.45) is -3.96. The van der Waals surface area contributed by atoms with Gasteiger partial charge in [-0.25, -0.2) is 4.79 Å². The van der Waals surface area contributed by atoms with Crippen molar-refractivity contribution in [3.8, 4) is 0 Å². The third kappa shape index (κ3) is 4.69. The van der Waals surface area contributed by atoms with Crippen molar-refractivity contribution in [1.29, 1.82) is 0 Å². The van der Waals surface area contributed by atoms with E-state index in [1.165, 1.54) is 12.1 Å². The smallest absolute Gasteiger partial charge is 0.378 e. The van der Waals surface area contributed by atoms with Crippen LogP contribution in [0.1, 0.15) is 45.9 Å². The molecule has 1 aromatic heterocycles. The highest BCUT2D eigenvalue weighted by Gasteiger charge is 2.37. The van der Waals surface area contributed by atoms with Crippen LogP contribution >= 0.6 is 0 Å². The molecule has 4 rings (SSSR count). The van der Waals surface area contributed by atoms with Crippen LogP contribution in [0.15, 0.2) is 28.8 Å². The lowest BCUT2D eigenvalue weighted by molar-refractivity contribution is -0.137. The number of aromatic nitrogens is 2. The molecule has 32 heavy (non-hydrogen) atoms. The minimum absolute atomic E-state index is 0.187. The lowest BCUT2D eigenvalue weighted by Crippen LogP contribution is -2.52. The van der Waals surface area contributed by atoms with E-state index >= 15 is 0 Å². The van der Waals surface area contributed by atoms with E-state index in [2.05, 4.69) is 10.1 Å². The Bertz CT molecular complexity index is 972. The van der Waals surface area contributed by atoms with E-state index in [0.29, 0.717) is 44.8 Å². The maximum absolute atomic E-state index is 13.1. The van der Waals surface area contributed by atoms with Crippen molar-refractivity contribution in [3.63, 3.8) is 0 Å².